The molecule has 108 valence electrons. The number of carbonyl (C=O) groups is 2. The van der Waals surface area contributed by atoms with E-state index in [1.165, 1.54) is 0 Å². The van der Waals surface area contributed by atoms with E-state index < -0.39 is 0 Å². The van der Waals surface area contributed by atoms with E-state index in [4.69, 9.17) is 0 Å². The van der Waals surface area contributed by atoms with E-state index in [0.29, 0.717) is 17.9 Å². The molecule has 1 aliphatic rings. The van der Waals surface area contributed by atoms with Crippen molar-refractivity contribution in [3.05, 3.63) is 29.3 Å². The van der Waals surface area contributed by atoms with Crippen molar-refractivity contribution in [2.45, 2.75) is 39.7 Å². The van der Waals surface area contributed by atoms with Crippen molar-refractivity contribution in [3.8, 4) is 0 Å². The van der Waals surface area contributed by atoms with Crippen LogP contribution in [0.15, 0.2) is 18.2 Å². The number of carbonyl (C=O) groups excluding carboxylic acids is 2. The van der Waals surface area contributed by atoms with Gasteiger partial charge in [0.05, 0.1) is 6.42 Å². The topological polar surface area (TPSA) is 49.4 Å². The molecule has 4 nitrogen and oxygen atoms in total. The highest BCUT2D eigenvalue weighted by Gasteiger charge is 2.22. The zero-order valence-electron chi connectivity index (χ0n) is 12.6. The third kappa shape index (κ3) is 3.00. The van der Waals surface area contributed by atoms with Gasteiger partial charge in [0, 0.05) is 24.3 Å². The summed E-state index contributed by atoms with van der Waals surface area (Å²) in [6, 6.07) is 5.65. The molecule has 0 bridgehead atoms. The van der Waals surface area contributed by atoms with Crippen molar-refractivity contribution < 1.29 is 9.59 Å². The summed E-state index contributed by atoms with van der Waals surface area (Å²) in [6.45, 7) is 6.37. The Morgan fingerprint density at radius 1 is 1.35 bits per heavy atom. The second kappa shape index (κ2) is 5.65. The molecule has 1 N–H and O–H groups in total. The van der Waals surface area contributed by atoms with E-state index in [0.717, 1.165) is 17.7 Å². The van der Waals surface area contributed by atoms with Crippen LogP contribution in [0.25, 0.3) is 0 Å². The minimum absolute atomic E-state index is 0.00194. The number of amides is 2. The average Bonchev–Trinajstić information content (AvgIpc) is 2.75. The van der Waals surface area contributed by atoms with Gasteiger partial charge in [-0.1, -0.05) is 19.9 Å². The lowest BCUT2D eigenvalue weighted by Gasteiger charge is -2.26. The first-order valence-electron chi connectivity index (χ1n) is 7.08. The quantitative estimate of drug-likeness (QED) is 0.917. The summed E-state index contributed by atoms with van der Waals surface area (Å²) < 4.78 is 0. The SMILES string of the molecule is CC(C)CC(C)N(C)C(=O)c1ccc2c(c1)NC(=O)C2. The van der Waals surface area contributed by atoms with E-state index >= 15 is 0 Å². The van der Waals surface area contributed by atoms with Gasteiger partial charge < -0.3 is 10.2 Å². The number of hydrogen-bond acceptors (Lipinski definition) is 2. The zero-order valence-corrected chi connectivity index (χ0v) is 12.6. The smallest absolute Gasteiger partial charge is 0.253 e. The number of nitrogens with one attached hydrogen (secondary N) is 1. The minimum Gasteiger partial charge on any atom is -0.339 e. The first-order chi connectivity index (χ1) is 9.38. The molecule has 0 radical (unpaired) electrons. The fraction of sp³-hybridized carbons (Fsp3) is 0.500. The Bertz CT molecular complexity index is 537. The molecule has 0 aromatic heterocycles. The van der Waals surface area contributed by atoms with E-state index in [-0.39, 0.29) is 17.9 Å². The summed E-state index contributed by atoms with van der Waals surface area (Å²) in [6.07, 6.45) is 1.38. The monoisotopic (exact) mass is 274 g/mol. The lowest BCUT2D eigenvalue weighted by Crippen LogP contribution is -2.35. The van der Waals surface area contributed by atoms with Crippen LogP contribution in [-0.2, 0) is 11.2 Å². The van der Waals surface area contributed by atoms with Gasteiger partial charge in [-0.15, -0.1) is 0 Å². The Morgan fingerprint density at radius 3 is 2.70 bits per heavy atom. The highest BCUT2D eigenvalue weighted by Crippen LogP contribution is 2.25. The van der Waals surface area contributed by atoms with Gasteiger partial charge in [-0.2, -0.15) is 0 Å². The minimum atomic E-state index is -0.00821. The Labute approximate surface area is 120 Å². The van der Waals surface area contributed by atoms with Crippen molar-refractivity contribution in [2.75, 3.05) is 12.4 Å². The summed E-state index contributed by atoms with van der Waals surface area (Å²) in [5, 5.41) is 2.78. The molecule has 2 amide bonds. The molecule has 0 aliphatic carbocycles. The molecule has 1 heterocycles. The van der Waals surface area contributed by atoms with Crippen LogP contribution in [0.5, 0.6) is 0 Å². The summed E-state index contributed by atoms with van der Waals surface area (Å²) >= 11 is 0. The maximum Gasteiger partial charge on any atom is 0.253 e. The molecule has 0 saturated carbocycles. The Morgan fingerprint density at radius 2 is 2.05 bits per heavy atom. The first kappa shape index (κ1) is 14.6. The van der Waals surface area contributed by atoms with Gasteiger partial charge in [-0.05, 0) is 37.0 Å². The summed E-state index contributed by atoms with van der Waals surface area (Å²) in [5.41, 5.74) is 2.36. The van der Waals surface area contributed by atoms with Crippen molar-refractivity contribution in [2.24, 2.45) is 5.92 Å². The van der Waals surface area contributed by atoms with Crippen LogP contribution in [0.4, 0.5) is 5.69 Å². The van der Waals surface area contributed by atoms with E-state index in [9.17, 15) is 9.59 Å². The molecule has 1 aliphatic heterocycles. The summed E-state index contributed by atoms with van der Waals surface area (Å²) in [7, 11) is 1.83. The van der Waals surface area contributed by atoms with Crippen LogP contribution in [0.2, 0.25) is 0 Å². The number of rotatable bonds is 4. The average molecular weight is 274 g/mol. The third-order valence-electron chi connectivity index (χ3n) is 3.78. The van der Waals surface area contributed by atoms with E-state index in [1.807, 2.05) is 13.1 Å². The van der Waals surface area contributed by atoms with E-state index in [1.54, 1.807) is 17.0 Å². The standard InChI is InChI=1S/C16H22N2O2/c1-10(2)7-11(3)18(4)16(20)13-6-5-12-9-15(19)17-14(12)8-13/h5-6,8,10-11H,7,9H2,1-4H3,(H,17,19). The molecule has 20 heavy (non-hydrogen) atoms. The number of benzene rings is 1. The van der Waals surface area contributed by atoms with Gasteiger partial charge in [0.15, 0.2) is 0 Å². The molecule has 2 rings (SSSR count). The van der Waals surface area contributed by atoms with Crippen LogP contribution in [0.3, 0.4) is 0 Å². The molecule has 1 atom stereocenters. The second-order valence-corrected chi connectivity index (χ2v) is 5.99. The predicted molar refractivity (Wildman–Crippen MR) is 79.8 cm³/mol. The van der Waals surface area contributed by atoms with Gasteiger partial charge in [0.2, 0.25) is 5.91 Å². The molecule has 1 unspecified atom stereocenters. The van der Waals surface area contributed by atoms with Gasteiger partial charge in [0.25, 0.3) is 5.91 Å². The fourth-order valence-corrected chi connectivity index (χ4v) is 2.59. The number of fused-ring (bicyclic) bond motifs is 1. The fourth-order valence-electron chi connectivity index (χ4n) is 2.59. The largest absolute Gasteiger partial charge is 0.339 e. The van der Waals surface area contributed by atoms with Crippen LogP contribution >= 0.6 is 0 Å². The van der Waals surface area contributed by atoms with E-state index in [2.05, 4.69) is 26.1 Å². The van der Waals surface area contributed by atoms with Crippen LogP contribution < -0.4 is 5.32 Å². The van der Waals surface area contributed by atoms with Gasteiger partial charge in [-0.3, -0.25) is 9.59 Å². The van der Waals surface area contributed by atoms with Crippen molar-refractivity contribution in [3.63, 3.8) is 0 Å². The molecule has 0 saturated heterocycles. The molecule has 0 spiro atoms. The van der Waals surface area contributed by atoms with Crippen LogP contribution in [0.1, 0.15) is 43.1 Å². The number of nitrogens with zero attached hydrogens (tertiary/aromatic N) is 1. The van der Waals surface area contributed by atoms with Crippen molar-refractivity contribution >= 4 is 17.5 Å². The second-order valence-electron chi connectivity index (χ2n) is 5.99. The summed E-state index contributed by atoms with van der Waals surface area (Å²) in [5.74, 6) is 0.549. The molecule has 1 aromatic rings. The summed E-state index contributed by atoms with van der Waals surface area (Å²) in [4.78, 5) is 25.6. The van der Waals surface area contributed by atoms with Crippen molar-refractivity contribution in [1.82, 2.24) is 4.90 Å². The highest BCUT2D eigenvalue weighted by molar-refractivity contribution is 6.02. The maximum absolute atomic E-state index is 12.5. The first-order valence-corrected chi connectivity index (χ1v) is 7.08. The molecular formula is C16H22N2O2. The normalized spacial score (nSPS) is 14.9. The lowest BCUT2D eigenvalue weighted by atomic mass is 10.0. The Balaban J connectivity index is 2.14. The number of hydrogen-bond donors (Lipinski definition) is 1. The molecule has 4 heteroatoms. The third-order valence-corrected chi connectivity index (χ3v) is 3.78. The molecule has 1 aromatic carbocycles. The Hall–Kier alpha value is -1.84. The van der Waals surface area contributed by atoms with Gasteiger partial charge >= 0.3 is 0 Å². The van der Waals surface area contributed by atoms with Gasteiger partial charge in [0.1, 0.15) is 0 Å². The Kier molecular flexibility index (Phi) is 4.12. The van der Waals surface area contributed by atoms with Gasteiger partial charge in [-0.25, -0.2) is 0 Å². The highest BCUT2D eigenvalue weighted by atomic mass is 16.2. The lowest BCUT2D eigenvalue weighted by molar-refractivity contribution is -0.115. The zero-order chi connectivity index (χ0) is 14.9. The number of anilines is 1. The molecule has 0 fully saturated rings. The maximum atomic E-state index is 12.5. The predicted octanol–water partition coefficient (Wildman–Crippen LogP) is 2.69. The van der Waals surface area contributed by atoms with Crippen molar-refractivity contribution in [1.29, 1.82) is 0 Å². The van der Waals surface area contributed by atoms with Crippen LogP contribution in [-0.4, -0.2) is 29.8 Å². The molecular weight excluding hydrogens is 252 g/mol. The van der Waals surface area contributed by atoms with Crippen LogP contribution in [0, 0.1) is 5.92 Å².